The highest BCUT2D eigenvalue weighted by molar-refractivity contribution is 5.99. The number of benzene rings is 4. The predicted octanol–water partition coefficient (Wildman–Crippen LogP) is 8.88. The van der Waals surface area contributed by atoms with Gasteiger partial charge in [0.1, 0.15) is 11.5 Å². The second kappa shape index (κ2) is 19.9. The van der Waals surface area contributed by atoms with E-state index in [4.69, 9.17) is 18.9 Å². The average molecular weight is 653 g/mol. The van der Waals surface area contributed by atoms with Gasteiger partial charge in [0.05, 0.1) is 40.0 Å². The van der Waals surface area contributed by atoms with Gasteiger partial charge < -0.3 is 18.9 Å². The first-order valence-electron chi connectivity index (χ1n) is 15.3. The van der Waals surface area contributed by atoms with Crippen molar-refractivity contribution >= 4 is 33.9 Å². The van der Waals surface area contributed by atoms with Gasteiger partial charge in [-0.3, -0.25) is 19.2 Å². The first kappa shape index (κ1) is 38.7. The van der Waals surface area contributed by atoms with Crippen LogP contribution in [0.5, 0.6) is 11.5 Å². The average Bonchev–Trinajstić information content (AvgIpc) is 3.11. The number of ether oxygens (including phenoxy) is 4. The number of methoxy groups -OCH3 is 4. The zero-order chi connectivity index (χ0) is 35.6. The van der Waals surface area contributed by atoms with E-state index in [1.807, 2.05) is 48.6 Å². The molecule has 0 aliphatic heterocycles. The Labute approximate surface area is 283 Å². The summed E-state index contributed by atoms with van der Waals surface area (Å²) in [5.41, 5.74) is 2.73. The van der Waals surface area contributed by atoms with Crippen LogP contribution >= 0.6 is 0 Å². The normalized spacial score (nSPS) is 11.3. The third-order valence-corrected chi connectivity index (χ3v) is 7.25. The molecule has 4 aromatic rings. The maximum absolute atomic E-state index is 11.2. The van der Waals surface area contributed by atoms with Gasteiger partial charge in [-0.2, -0.15) is 0 Å². The maximum Gasteiger partial charge on any atom is 0.159 e. The predicted molar refractivity (Wildman–Crippen MR) is 189 cm³/mol. The second-order valence-corrected chi connectivity index (χ2v) is 10.6. The number of carbonyl (C=O) groups is 4. The molecule has 0 radical (unpaired) electrons. The van der Waals surface area contributed by atoms with Crippen LogP contribution < -0.4 is 9.47 Å². The van der Waals surface area contributed by atoms with E-state index in [-0.39, 0.29) is 23.1 Å². The molecule has 0 unspecified atom stereocenters. The van der Waals surface area contributed by atoms with Crippen LogP contribution in [0, 0.1) is 0 Å². The lowest BCUT2D eigenvalue weighted by Crippen LogP contribution is -1.96. The molecule has 0 spiro atoms. The van der Waals surface area contributed by atoms with Crippen molar-refractivity contribution in [3.63, 3.8) is 0 Å². The molecular formula is C40H44O8. The van der Waals surface area contributed by atoms with Crippen molar-refractivity contribution in [2.75, 3.05) is 28.4 Å². The minimum atomic E-state index is 0.0186. The summed E-state index contributed by atoms with van der Waals surface area (Å²) in [4.78, 5) is 43.7. The van der Waals surface area contributed by atoms with Crippen LogP contribution in [0.3, 0.4) is 0 Å². The van der Waals surface area contributed by atoms with Gasteiger partial charge in [-0.05, 0) is 93.1 Å². The highest BCUT2D eigenvalue weighted by Gasteiger charge is 2.05. The zero-order valence-electron chi connectivity index (χ0n) is 28.9. The number of allylic oxidation sites excluding steroid dienone is 4. The van der Waals surface area contributed by atoms with Gasteiger partial charge in [0.25, 0.3) is 0 Å². The van der Waals surface area contributed by atoms with Gasteiger partial charge in [0.2, 0.25) is 0 Å². The monoisotopic (exact) mass is 652 g/mol. The van der Waals surface area contributed by atoms with Crippen molar-refractivity contribution in [2.45, 2.75) is 40.5 Å². The first-order valence-corrected chi connectivity index (χ1v) is 15.3. The van der Waals surface area contributed by atoms with Gasteiger partial charge in [0, 0.05) is 35.1 Å². The molecule has 0 saturated heterocycles. The molecular weight excluding hydrogens is 608 g/mol. The largest absolute Gasteiger partial charge is 0.501 e. The molecule has 0 fully saturated rings. The van der Waals surface area contributed by atoms with E-state index in [0.29, 0.717) is 16.7 Å². The molecule has 0 amide bonds. The van der Waals surface area contributed by atoms with Crippen molar-refractivity contribution in [1.82, 2.24) is 0 Å². The molecule has 8 nitrogen and oxygen atoms in total. The Balaban J connectivity index is 0.000000225. The van der Waals surface area contributed by atoms with E-state index in [0.717, 1.165) is 52.2 Å². The third kappa shape index (κ3) is 12.7. The summed E-state index contributed by atoms with van der Waals surface area (Å²) in [6.45, 7) is 6.12. The van der Waals surface area contributed by atoms with Crippen molar-refractivity contribution in [1.29, 1.82) is 0 Å². The van der Waals surface area contributed by atoms with E-state index in [2.05, 4.69) is 0 Å². The number of hydrogen-bond acceptors (Lipinski definition) is 8. The molecule has 252 valence electrons. The van der Waals surface area contributed by atoms with Crippen LogP contribution in [0.15, 0.2) is 109 Å². The lowest BCUT2D eigenvalue weighted by molar-refractivity contribution is 0.100. The Morgan fingerprint density at radius 2 is 0.750 bits per heavy atom. The maximum atomic E-state index is 11.2. The highest BCUT2D eigenvalue weighted by atomic mass is 16.5. The fraction of sp³-hybridized carbons (Fsp3) is 0.250. The standard InChI is InChI=1S/C13H12O2.C10H10O2.C9H10O2.C8H12O2/c1-9(14)10-3-4-12-8-13(15-2)6-5-11(12)7-10;1-7(11)9-3-5-10(6-4-9)8(2)12;1-7(10)8-3-5-9(11-2)6-4-8;1-9-7-3-5-8(10-2)6-4-7/h3-8H,1-2H3;3-6H,1-2H3;3-6H,1-2H3;3,5H,4,6H2,1-2H3. The summed E-state index contributed by atoms with van der Waals surface area (Å²) in [6.07, 6.45) is 5.80. The molecule has 0 heterocycles. The van der Waals surface area contributed by atoms with Crippen molar-refractivity contribution in [3.05, 3.63) is 131 Å². The SMILES string of the molecule is CC(=O)c1ccc(C(C)=O)cc1.COC1=CC=C(OC)CC1.COc1ccc(C(C)=O)cc1.COc1ccc2cc(C(C)=O)ccc2c1. The second-order valence-electron chi connectivity index (χ2n) is 10.6. The van der Waals surface area contributed by atoms with Crippen LogP contribution in [0.1, 0.15) is 82.0 Å². The van der Waals surface area contributed by atoms with Crippen LogP contribution in [-0.2, 0) is 9.47 Å². The van der Waals surface area contributed by atoms with Gasteiger partial charge >= 0.3 is 0 Å². The molecule has 0 bridgehead atoms. The van der Waals surface area contributed by atoms with Crippen LogP contribution in [-0.4, -0.2) is 51.6 Å². The summed E-state index contributed by atoms with van der Waals surface area (Å²) in [5, 5.41) is 2.14. The Kier molecular flexibility index (Phi) is 16.0. The van der Waals surface area contributed by atoms with Crippen LogP contribution in [0.2, 0.25) is 0 Å². The number of carbonyl (C=O) groups excluding carboxylic acids is 4. The first-order chi connectivity index (χ1) is 22.9. The zero-order valence-corrected chi connectivity index (χ0v) is 28.9. The van der Waals surface area contributed by atoms with Gasteiger partial charge in [-0.15, -0.1) is 0 Å². The minimum Gasteiger partial charge on any atom is -0.501 e. The Bertz CT molecular complexity index is 1690. The third-order valence-electron chi connectivity index (χ3n) is 7.25. The smallest absolute Gasteiger partial charge is 0.159 e. The topological polar surface area (TPSA) is 105 Å². The number of rotatable bonds is 8. The Morgan fingerprint density at radius 1 is 0.417 bits per heavy atom. The molecule has 48 heavy (non-hydrogen) atoms. The van der Waals surface area contributed by atoms with E-state index in [9.17, 15) is 19.2 Å². The molecule has 0 atom stereocenters. The number of fused-ring (bicyclic) bond motifs is 1. The minimum absolute atomic E-state index is 0.0186. The highest BCUT2D eigenvalue weighted by Crippen LogP contribution is 2.22. The molecule has 0 aromatic heterocycles. The van der Waals surface area contributed by atoms with Gasteiger partial charge in [-0.25, -0.2) is 0 Å². The molecule has 4 aromatic carbocycles. The van der Waals surface area contributed by atoms with Crippen molar-refractivity contribution < 1.29 is 38.1 Å². The summed E-state index contributed by atoms with van der Waals surface area (Å²) in [6, 6.07) is 25.2. The van der Waals surface area contributed by atoms with E-state index >= 15 is 0 Å². The molecule has 8 heteroatoms. The summed E-state index contributed by atoms with van der Waals surface area (Å²) < 4.78 is 20.2. The molecule has 1 aliphatic carbocycles. The fourth-order valence-corrected chi connectivity index (χ4v) is 4.27. The molecule has 0 N–H and O–H groups in total. The Morgan fingerprint density at radius 3 is 1.10 bits per heavy atom. The van der Waals surface area contributed by atoms with E-state index in [1.165, 1.54) is 13.8 Å². The van der Waals surface area contributed by atoms with E-state index < -0.39 is 0 Å². The number of ketones is 4. The molecule has 1 aliphatic rings. The summed E-state index contributed by atoms with van der Waals surface area (Å²) in [7, 11) is 6.63. The van der Waals surface area contributed by atoms with Crippen LogP contribution in [0.25, 0.3) is 10.8 Å². The molecule has 5 rings (SSSR count). The quantitative estimate of drug-likeness (QED) is 0.174. The molecule has 0 saturated carbocycles. The van der Waals surface area contributed by atoms with E-state index in [1.54, 1.807) is 90.8 Å². The van der Waals surface area contributed by atoms with Gasteiger partial charge in [-0.1, -0.05) is 42.5 Å². The van der Waals surface area contributed by atoms with Crippen molar-refractivity contribution in [3.8, 4) is 11.5 Å². The Hall–Kier alpha value is -5.50. The lowest BCUT2D eigenvalue weighted by Gasteiger charge is -2.11. The lowest BCUT2D eigenvalue weighted by atomic mass is 10.0. The van der Waals surface area contributed by atoms with Gasteiger partial charge in [0.15, 0.2) is 23.1 Å². The fourth-order valence-electron chi connectivity index (χ4n) is 4.27. The summed E-state index contributed by atoms with van der Waals surface area (Å²) >= 11 is 0. The van der Waals surface area contributed by atoms with Crippen molar-refractivity contribution in [2.24, 2.45) is 0 Å². The number of Topliss-reactive ketones (excluding diaryl/α,β-unsaturated/α-hetero) is 4. The van der Waals surface area contributed by atoms with Crippen LogP contribution in [0.4, 0.5) is 0 Å². The summed E-state index contributed by atoms with van der Waals surface area (Å²) in [5.74, 6) is 3.87. The number of hydrogen-bond donors (Lipinski definition) is 0.